The predicted octanol–water partition coefficient (Wildman–Crippen LogP) is 1.63. The van der Waals surface area contributed by atoms with Crippen molar-refractivity contribution in [3.8, 4) is 0 Å². The van der Waals surface area contributed by atoms with Gasteiger partial charge in [-0.25, -0.2) is 0 Å². The summed E-state index contributed by atoms with van der Waals surface area (Å²) in [7, 11) is 2.42. The van der Waals surface area contributed by atoms with E-state index >= 15 is 0 Å². The van der Waals surface area contributed by atoms with Crippen LogP contribution < -0.4 is 0 Å². The zero-order chi connectivity index (χ0) is 7.35. The smallest absolute Gasteiger partial charge is 0.147 e. The van der Waals surface area contributed by atoms with Crippen molar-refractivity contribution in [1.29, 1.82) is 0 Å². The molecule has 3 atom stereocenters. The fourth-order valence-corrected chi connectivity index (χ4v) is 2.59. The molecule has 0 aromatic carbocycles. The number of hydrogen-bond acceptors (Lipinski definition) is 0. The van der Waals surface area contributed by atoms with Crippen LogP contribution in [0.2, 0.25) is 0 Å². The molecule has 2 aliphatic heterocycles. The van der Waals surface area contributed by atoms with E-state index in [-0.39, 0.29) is 0 Å². The number of quaternary nitrogens is 1. The largest absolute Gasteiger partial charge is 0.311 e. The van der Waals surface area contributed by atoms with E-state index in [1.807, 2.05) is 0 Å². The van der Waals surface area contributed by atoms with Crippen LogP contribution in [0.25, 0.3) is 0 Å². The first-order valence-corrected chi connectivity index (χ1v) is 4.49. The minimum absolute atomic E-state index is 0.908. The van der Waals surface area contributed by atoms with E-state index in [0.717, 1.165) is 18.0 Å². The molecule has 0 saturated carbocycles. The molecule has 0 radical (unpaired) electrons. The Balaban J connectivity index is 1.88. The fraction of sp³-hybridized carbons (Fsp3) is 1.00. The minimum atomic E-state index is 0.908. The van der Waals surface area contributed by atoms with Crippen molar-refractivity contribution in [2.45, 2.75) is 38.8 Å². The van der Waals surface area contributed by atoms with Crippen LogP contribution in [0.1, 0.15) is 26.7 Å². The highest BCUT2D eigenvalue weighted by Gasteiger charge is 2.69. The van der Waals surface area contributed by atoms with E-state index < -0.39 is 0 Å². The molecule has 1 heteroatoms. The average molecular weight is 140 g/mol. The maximum atomic E-state index is 2.42. The summed E-state index contributed by atoms with van der Waals surface area (Å²) < 4.78 is 1.43. The number of fused-ring (bicyclic) bond motifs is 1. The second-order valence-corrected chi connectivity index (χ2v) is 4.62. The van der Waals surface area contributed by atoms with Crippen molar-refractivity contribution in [2.24, 2.45) is 5.92 Å². The predicted molar refractivity (Wildman–Crippen MR) is 42.7 cm³/mol. The average Bonchev–Trinajstić information content (AvgIpc) is 2.13. The van der Waals surface area contributed by atoms with E-state index in [2.05, 4.69) is 20.9 Å². The number of nitrogens with zero attached hydrogens (tertiary/aromatic N) is 1. The van der Waals surface area contributed by atoms with E-state index in [0.29, 0.717) is 0 Å². The van der Waals surface area contributed by atoms with Crippen LogP contribution >= 0.6 is 0 Å². The van der Waals surface area contributed by atoms with Crippen molar-refractivity contribution in [1.82, 2.24) is 0 Å². The maximum absolute atomic E-state index is 2.42. The zero-order valence-corrected chi connectivity index (χ0v) is 7.30. The molecule has 2 rings (SSSR count). The first kappa shape index (κ1) is 6.66. The van der Waals surface area contributed by atoms with Crippen LogP contribution in [-0.2, 0) is 0 Å². The van der Waals surface area contributed by atoms with E-state index in [9.17, 15) is 0 Å². The highest BCUT2D eigenvalue weighted by Crippen LogP contribution is 2.51. The molecule has 0 amide bonds. The molecular weight excluding hydrogens is 122 g/mol. The monoisotopic (exact) mass is 140 g/mol. The standard InChI is InChI=1S/C9H18N/c1-7(2)6-9-8-4-5-10(8,9)3/h7-9H,4-6H2,1-3H3/q+1. The van der Waals surface area contributed by atoms with Crippen molar-refractivity contribution in [2.75, 3.05) is 13.6 Å². The van der Waals surface area contributed by atoms with Crippen molar-refractivity contribution >= 4 is 0 Å². The van der Waals surface area contributed by atoms with Crippen LogP contribution in [0.15, 0.2) is 0 Å². The van der Waals surface area contributed by atoms with Gasteiger partial charge in [-0.05, 0) is 5.92 Å². The van der Waals surface area contributed by atoms with Gasteiger partial charge < -0.3 is 4.48 Å². The molecule has 2 saturated heterocycles. The van der Waals surface area contributed by atoms with Crippen molar-refractivity contribution in [3.63, 3.8) is 0 Å². The second kappa shape index (κ2) is 1.76. The Morgan fingerprint density at radius 2 is 2.10 bits per heavy atom. The number of likely N-dealkylation sites (N-methyl/N-ethyl adjacent to an activating group) is 1. The first-order valence-electron chi connectivity index (χ1n) is 4.49. The highest BCUT2D eigenvalue weighted by atomic mass is 15.6. The van der Waals surface area contributed by atoms with Crippen molar-refractivity contribution in [3.05, 3.63) is 0 Å². The van der Waals surface area contributed by atoms with Gasteiger partial charge in [0.15, 0.2) is 0 Å². The molecule has 3 unspecified atom stereocenters. The van der Waals surface area contributed by atoms with Gasteiger partial charge in [0.25, 0.3) is 0 Å². The van der Waals surface area contributed by atoms with Gasteiger partial charge in [0, 0.05) is 6.42 Å². The van der Waals surface area contributed by atoms with Gasteiger partial charge in [-0.15, -0.1) is 0 Å². The van der Waals surface area contributed by atoms with Gasteiger partial charge in [0.05, 0.1) is 20.0 Å². The molecule has 2 aliphatic rings. The molecule has 0 spiro atoms. The Morgan fingerprint density at radius 3 is 2.40 bits per heavy atom. The molecular formula is C9H18N+. The molecule has 10 heavy (non-hydrogen) atoms. The molecule has 0 N–H and O–H groups in total. The molecule has 2 heterocycles. The first-order chi connectivity index (χ1) is 4.64. The topological polar surface area (TPSA) is 0 Å². The number of hydrogen-bond donors (Lipinski definition) is 0. The summed E-state index contributed by atoms with van der Waals surface area (Å²) in [5.41, 5.74) is 0. The van der Waals surface area contributed by atoms with Crippen LogP contribution in [-0.4, -0.2) is 30.2 Å². The van der Waals surface area contributed by atoms with Gasteiger partial charge in [-0.1, -0.05) is 13.8 Å². The normalized spacial score (nSPS) is 50.4. The molecule has 2 fully saturated rings. The molecule has 1 nitrogen and oxygen atoms in total. The van der Waals surface area contributed by atoms with Gasteiger partial charge in [0.2, 0.25) is 0 Å². The van der Waals surface area contributed by atoms with E-state index in [1.54, 1.807) is 0 Å². The number of rotatable bonds is 2. The Kier molecular flexibility index (Phi) is 1.17. The van der Waals surface area contributed by atoms with E-state index in [1.165, 1.54) is 23.9 Å². The molecule has 0 bridgehead atoms. The van der Waals surface area contributed by atoms with Gasteiger partial charge in [-0.2, -0.15) is 0 Å². The van der Waals surface area contributed by atoms with Gasteiger partial charge in [-0.3, -0.25) is 0 Å². The quantitative estimate of drug-likeness (QED) is 0.404. The van der Waals surface area contributed by atoms with Crippen LogP contribution in [0, 0.1) is 5.92 Å². The Morgan fingerprint density at radius 1 is 1.50 bits per heavy atom. The fourth-order valence-electron chi connectivity index (χ4n) is 2.59. The SMILES string of the molecule is CC(C)CC1C2CC[N+]21C. The second-order valence-electron chi connectivity index (χ2n) is 4.62. The summed E-state index contributed by atoms with van der Waals surface area (Å²) in [4.78, 5) is 0. The van der Waals surface area contributed by atoms with Crippen LogP contribution in [0.5, 0.6) is 0 Å². The molecule has 0 aromatic heterocycles. The summed E-state index contributed by atoms with van der Waals surface area (Å²) in [5.74, 6) is 0.908. The third-order valence-electron chi connectivity index (χ3n) is 3.49. The molecule has 0 aliphatic carbocycles. The Labute approximate surface area is 63.6 Å². The third kappa shape index (κ3) is 0.672. The highest BCUT2D eigenvalue weighted by molar-refractivity contribution is 4.94. The Bertz CT molecular complexity index is 153. The lowest BCUT2D eigenvalue weighted by Gasteiger charge is -2.22. The van der Waals surface area contributed by atoms with E-state index in [4.69, 9.17) is 0 Å². The minimum Gasteiger partial charge on any atom is -0.311 e. The van der Waals surface area contributed by atoms with Crippen molar-refractivity contribution < 1.29 is 4.48 Å². The summed E-state index contributed by atoms with van der Waals surface area (Å²) in [5, 5.41) is 0. The van der Waals surface area contributed by atoms with Crippen LogP contribution in [0.3, 0.4) is 0 Å². The molecule has 0 aromatic rings. The van der Waals surface area contributed by atoms with Crippen LogP contribution in [0.4, 0.5) is 0 Å². The summed E-state index contributed by atoms with van der Waals surface area (Å²) in [6.45, 7) is 6.14. The van der Waals surface area contributed by atoms with Gasteiger partial charge >= 0.3 is 0 Å². The Hall–Kier alpha value is -0.0400. The van der Waals surface area contributed by atoms with Gasteiger partial charge in [0.1, 0.15) is 12.1 Å². The maximum Gasteiger partial charge on any atom is 0.147 e. The lowest BCUT2D eigenvalue weighted by Crippen LogP contribution is -2.35. The summed E-state index contributed by atoms with van der Waals surface area (Å²) in [6.07, 6.45) is 2.97. The summed E-state index contributed by atoms with van der Waals surface area (Å²) >= 11 is 0. The lowest BCUT2D eigenvalue weighted by atomic mass is 10.1. The zero-order valence-electron chi connectivity index (χ0n) is 7.30. The lowest BCUT2D eigenvalue weighted by molar-refractivity contribution is -0.838. The third-order valence-corrected chi connectivity index (χ3v) is 3.49. The molecule has 58 valence electrons. The summed E-state index contributed by atoms with van der Waals surface area (Å²) in [6, 6.07) is 2.14.